The van der Waals surface area contributed by atoms with Gasteiger partial charge in [0.2, 0.25) is 0 Å². The molecule has 0 saturated heterocycles. The zero-order valence-electron chi connectivity index (χ0n) is 26.5. The quantitative estimate of drug-likeness (QED) is 0.192. The maximum absolute atomic E-state index is 6.73. The maximum atomic E-state index is 6.73. The average molecular weight is 625 g/mol. The number of fused-ring (bicyclic) bond motifs is 11. The van der Waals surface area contributed by atoms with E-state index in [9.17, 15) is 0 Å². The normalized spacial score (nSPS) is 12.1. The average Bonchev–Trinajstić information content (AvgIpc) is 3.82. The van der Waals surface area contributed by atoms with Crippen LogP contribution in [0.1, 0.15) is 0 Å². The first-order valence-corrected chi connectivity index (χ1v) is 16.8. The van der Waals surface area contributed by atoms with Gasteiger partial charge >= 0.3 is 0 Å². The number of furan rings is 1. The van der Waals surface area contributed by atoms with Gasteiger partial charge in [-0.3, -0.25) is 0 Å². The van der Waals surface area contributed by atoms with Gasteiger partial charge in [0.05, 0.1) is 27.8 Å². The zero-order valence-corrected chi connectivity index (χ0v) is 26.5. The Kier molecular flexibility index (Phi) is 5.38. The summed E-state index contributed by atoms with van der Waals surface area (Å²) in [5, 5.41) is 9.67. The Morgan fingerprint density at radius 1 is 0.367 bits per heavy atom. The first kappa shape index (κ1) is 26.5. The molecule has 0 atom stereocenters. The number of hydrogen-bond acceptors (Lipinski definition) is 1. The van der Waals surface area contributed by atoms with Gasteiger partial charge in [-0.15, -0.1) is 0 Å². The van der Waals surface area contributed by atoms with Gasteiger partial charge in [-0.1, -0.05) is 115 Å². The van der Waals surface area contributed by atoms with Gasteiger partial charge in [0.15, 0.2) is 5.58 Å². The van der Waals surface area contributed by atoms with E-state index in [-0.39, 0.29) is 0 Å². The van der Waals surface area contributed by atoms with Crippen LogP contribution in [-0.4, -0.2) is 9.13 Å². The van der Waals surface area contributed by atoms with E-state index in [1.807, 2.05) is 0 Å². The fraction of sp³-hybridized carbons (Fsp3) is 0. The molecule has 0 bridgehead atoms. The van der Waals surface area contributed by atoms with Gasteiger partial charge in [-0.05, 0) is 76.5 Å². The van der Waals surface area contributed by atoms with Gasteiger partial charge in [-0.25, -0.2) is 0 Å². The van der Waals surface area contributed by atoms with Crippen molar-refractivity contribution in [3.05, 3.63) is 170 Å². The molecule has 0 aliphatic heterocycles. The molecule has 11 rings (SSSR count). The Balaban J connectivity index is 1.17. The summed E-state index contributed by atoms with van der Waals surface area (Å²) in [4.78, 5) is 0. The lowest BCUT2D eigenvalue weighted by Gasteiger charge is -2.10. The lowest BCUT2D eigenvalue weighted by atomic mass is 10.0. The van der Waals surface area contributed by atoms with Crippen molar-refractivity contribution in [3.63, 3.8) is 0 Å². The molecule has 49 heavy (non-hydrogen) atoms. The highest BCUT2D eigenvalue weighted by molar-refractivity contribution is 6.21. The minimum absolute atomic E-state index is 0.900. The highest BCUT2D eigenvalue weighted by Crippen LogP contribution is 2.42. The van der Waals surface area contributed by atoms with Crippen LogP contribution < -0.4 is 0 Å². The molecule has 0 aliphatic carbocycles. The predicted molar refractivity (Wildman–Crippen MR) is 205 cm³/mol. The molecular formula is C46H28N2O. The minimum atomic E-state index is 0.900. The van der Waals surface area contributed by atoms with Crippen molar-refractivity contribution in [2.75, 3.05) is 0 Å². The van der Waals surface area contributed by atoms with Crippen LogP contribution in [-0.2, 0) is 0 Å². The van der Waals surface area contributed by atoms with E-state index in [4.69, 9.17) is 4.42 Å². The van der Waals surface area contributed by atoms with E-state index in [1.54, 1.807) is 0 Å². The first-order chi connectivity index (χ1) is 24.3. The van der Waals surface area contributed by atoms with E-state index in [0.717, 1.165) is 33.3 Å². The summed E-state index contributed by atoms with van der Waals surface area (Å²) in [6, 6.07) is 61.2. The van der Waals surface area contributed by atoms with Gasteiger partial charge in [0, 0.05) is 38.0 Å². The van der Waals surface area contributed by atoms with E-state index in [2.05, 4.69) is 179 Å². The lowest BCUT2D eigenvalue weighted by Crippen LogP contribution is -1.94. The Morgan fingerprint density at radius 3 is 1.86 bits per heavy atom. The molecular weight excluding hydrogens is 597 g/mol. The van der Waals surface area contributed by atoms with Crippen molar-refractivity contribution in [2.24, 2.45) is 0 Å². The summed E-state index contributed by atoms with van der Waals surface area (Å²) in [7, 11) is 0. The number of benzene rings is 8. The van der Waals surface area contributed by atoms with Gasteiger partial charge in [0.25, 0.3) is 0 Å². The predicted octanol–water partition coefficient (Wildman–Crippen LogP) is 12.6. The highest BCUT2D eigenvalue weighted by atomic mass is 16.3. The Labute approximate surface area is 281 Å². The molecule has 0 fully saturated rings. The van der Waals surface area contributed by atoms with Crippen LogP contribution in [0.5, 0.6) is 0 Å². The van der Waals surface area contributed by atoms with Crippen LogP contribution in [0.15, 0.2) is 174 Å². The Morgan fingerprint density at radius 2 is 1.00 bits per heavy atom. The molecule has 0 unspecified atom stereocenters. The molecule has 8 aromatic carbocycles. The summed E-state index contributed by atoms with van der Waals surface area (Å²) >= 11 is 0. The SMILES string of the molecule is c1ccc(-n2c3ccccc3c3cc(-c4ccc5c6ccccc6n(-c6cccc7c6oc6ccc8ccccc8c67)c5c4)ccc32)cc1. The van der Waals surface area contributed by atoms with Crippen LogP contribution in [0.3, 0.4) is 0 Å². The van der Waals surface area contributed by atoms with Gasteiger partial charge < -0.3 is 13.6 Å². The van der Waals surface area contributed by atoms with Crippen molar-refractivity contribution in [3.8, 4) is 22.5 Å². The van der Waals surface area contributed by atoms with Gasteiger partial charge in [0.1, 0.15) is 5.58 Å². The van der Waals surface area contributed by atoms with Crippen LogP contribution in [0.2, 0.25) is 0 Å². The van der Waals surface area contributed by atoms with Crippen molar-refractivity contribution in [2.45, 2.75) is 0 Å². The first-order valence-electron chi connectivity index (χ1n) is 16.8. The second-order valence-electron chi connectivity index (χ2n) is 12.9. The molecule has 0 amide bonds. The molecule has 3 aromatic heterocycles. The molecule has 0 radical (unpaired) electrons. The molecule has 3 heteroatoms. The van der Waals surface area contributed by atoms with E-state index >= 15 is 0 Å². The summed E-state index contributed by atoms with van der Waals surface area (Å²) in [6.07, 6.45) is 0. The van der Waals surface area contributed by atoms with E-state index < -0.39 is 0 Å². The summed E-state index contributed by atoms with van der Waals surface area (Å²) in [5.41, 5.74) is 11.1. The third-order valence-electron chi connectivity index (χ3n) is 10.3. The van der Waals surface area contributed by atoms with Crippen LogP contribution in [0, 0.1) is 0 Å². The topological polar surface area (TPSA) is 23.0 Å². The molecule has 0 N–H and O–H groups in total. The van der Waals surface area contributed by atoms with Crippen molar-refractivity contribution in [1.82, 2.24) is 9.13 Å². The number of hydrogen-bond donors (Lipinski definition) is 0. The zero-order chi connectivity index (χ0) is 32.1. The summed E-state index contributed by atoms with van der Waals surface area (Å²) < 4.78 is 11.5. The minimum Gasteiger partial charge on any atom is -0.454 e. The summed E-state index contributed by atoms with van der Waals surface area (Å²) in [6.45, 7) is 0. The molecule has 11 aromatic rings. The van der Waals surface area contributed by atoms with Gasteiger partial charge in [-0.2, -0.15) is 0 Å². The third-order valence-corrected chi connectivity index (χ3v) is 10.3. The van der Waals surface area contributed by atoms with Crippen molar-refractivity contribution >= 4 is 76.3 Å². The molecule has 3 nitrogen and oxygen atoms in total. The van der Waals surface area contributed by atoms with Crippen LogP contribution in [0.4, 0.5) is 0 Å². The third kappa shape index (κ3) is 3.73. The fourth-order valence-electron chi connectivity index (χ4n) is 8.15. The van der Waals surface area contributed by atoms with E-state index in [1.165, 1.54) is 65.6 Å². The standard InChI is InChI=1S/C46H28N2O/c1-2-12-32(13-3-1)47-39-18-8-7-16-35(39)38-27-30(22-25-41(38)47)31-21-24-36-34-15-6-9-19-40(34)48(43(36)28-31)42-20-10-17-37-45-33-14-5-4-11-29(33)23-26-44(45)49-46(37)42/h1-28H. The Hall–Kier alpha value is -6.58. The van der Waals surface area contributed by atoms with Crippen LogP contribution in [0.25, 0.3) is 98.8 Å². The number of aromatic nitrogens is 2. The van der Waals surface area contributed by atoms with Crippen molar-refractivity contribution in [1.29, 1.82) is 0 Å². The fourth-order valence-corrected chi connectivity index (χ4v) is 8.15. The van der Waals surface area contributed by atoms with Crippen molar-refractivity contribution < 1.29 is 4.42 Å². The lowest BCUT2D eigenvalue weighted by molar-refractivity contribution is 0.666. The molecule has 3 heterocycles. The molecule has 0 saturated carbocycles. The molecule has 0 aliphatic rings. The molecule has 228 valence electrons. The number of para-hydroxylation sites is 4. The maximum Gasteiger partial charge on any atom is 0.159 e. The largest absolute Gasteiger partial charge is 0.454 e. The highest BCUT2D eigenvalue weighted by Gasteiger charge is 2.20. The molecule has 0 spiro atoms. The number of nitrogens with zero attached hydrogens (tertiary/aromatic N) is 2. The Bertz CT molecular complexity index is 3100. The smallest absolute Gasteiger partial charge is 0.159 e. The van der Waals surface area contributed by atoms with Crippen LogP contribution >= 0.6 is 0 Å². The number of rotatable bonds is 3. The van der Waals surface area contributed by atoms with E-state index in [0.29, 0.717) is 0 Å². The second-order valence-corrected chi connectivity index (χ2v) is 12.9. The second kappa shape index (κ2) is 9.96. The summed E-state index contributed by atoms with van der Waals surface area (Å²) in [5.74, 6) is 0. The monoisotopic (exact) mass is 624 g/mol.